The van der Waals surface area contributed by atoms with Crippen molar-refractivity contribution >= 4 is 17.6 Å². The fraction of sp³-hybridized carbons (Fsp3) is 0.353. The second-order valence-electron chi connectivity index (χ2n) is 5.38. The maximum Gasteiger partial charge on any atom is 0.189 e. The van der Waals surface area contributed by atoms with Crippen molar-refractivity contribution in [3.8, 4) is 6.07 Å². The van der Waals surface area contributed by atoms with E-state index in [9.17, 15) is 5.26 Å². The lowest BCUT2D eigenvalue weighted by molar-refractivity contribution is 0.501. The van der Waals surface area contributed by atoms with E-state index in [0.29, 0.717) is 11.5 Å². The Hall–Kier alpha value is -2.06. The molecule has 1 saturated heterocycles. The fourth-order valence-corrected chi connectivity index (χ4v) is 3.26. The lowest BCUT2D eigenvalue weighted by atomic mass is 9.89. The number of anilines is 1. The molecule has 0 amide bonds. The molecule has 3 rings (SSSR count). The van der Waals surface area contributed by atoms with Gasteiger partial charge in [-0.1, -0.05) is 42.1 Å². The number of benzene rings is 1. The molecule has 4 nitrogen and oxygen atoms in total. The average Bonchev–Trinajstić information content (AvgIpc) is 2.62. The van der Waals surface area contributed by atoms with Crippen LogP contribution in [-0.4, -0.2) is 29.3 Å². The first-order chi connectivity index (χ1) is 10.8. The lowest BCUT2D eigenvalue weighted by Gasteiger charge is -2.33. The highest BCUT2D eigenvalue weighted by molar-refractivity contribution is 7.98. The molecule has 0 atom stereocenters. The predicted octanol–water partition coefficient (Wildman–Crippen LogP) is 3.45. The minimum Gasteiger partial charge on any atom is -0.355 e. The molecular weight excluding hydrogens is 292 g/mol. The molecule has 1 aromatic heterocycles. The Labute approximate surface area is 135 Å². The number of hydrogen-bond acceptors (Lipinski definition) is 5. The SMILES string of the molecule is CSc1ncc(C#N)c(N2CCC(c3ccccc3)CC2)n1. The highest BCUT2D eigenvalue weighted by Crippen LogP contribution is 2.31. The van der Waals surface area contributed by atoms with Gasteiger partial charge in [-0.3, -0.25) is 0 Å². The summed E-state index contributed by atoms with van der Waals surface area (Å²) in [6.07, 6.45) is 5.77. The summed E-state index contributed by atoms with van der Waals surface area (Å²) >= 11 is 1.51. The molecule has 1 fully saturated rings. The molecule has 0 bridgehead atoms. The Kier molecular flexibility index (Phi) is 4.59. The average molecular weight is 310 g/mol. The monoisotopic (exact) mass is 310 g/mol. The molecule has 22 heavy (non-hydrogen) atoms. The Balaban J connectivity index is 1.75. The van der Waals surface area contributed by atoms with Gasteiger partial charge in [0.05, 0.1) is 6.20 Å². The molecule has 0 N–H and O–H groups in total. The van der Waals surface area contributed by atoms with E-state index < -0.39 is 0 Å². The maximum absolute atomic E-state index is 9.28. The Morgan fingerprint density at radius 1 is 1.23 bits per heavy atom. The van der Waals surface area contributed by atoms with Crippen LogP contribution in [-0.2, 0) is 0 Å². The Morgan fingerprint density at radius 2 is 1.95 bits per heavy atom. The third-order valence-corrected chi connectivity index (χ3v) is 4.68. The minimum absolute atomic E-state index is 0.566. The van der Waals surface area contributed by atoms with E-state index in [-0.39, 0.29) is 0 Å². The predicted molar refractivity (Wildman–Crippen MR) is 89.2 cm³/mol. The normalized spacial score (nSPS) is 15.5. The maximum atomic E-state index is 9.28. The van der Waals surface area contributed by atoms with E-state index in [0.717, 1.165) is 36.9 Å². The van der Waals surface area contributed by atoms with E-state index in [1.165, 1.54) is 17.3 Å². The summed E-state index contributed by atoms with van der Waals surface area (Å²) in [5.41, 5.74) is 1.98. The van der Waals surface area contributed by atoms with E-state index >= 15 is 0 Å². The minimum atomic E-state index is 0.566. The van der Waals surface area contributed by atoms with Gasteiger partial charge < -0.3 is 4.90 Å². The van der Waals surface area contributed by atoms with Crippen molar-refractivity contribution in [1.29, 1.82) is 5.26 Å². The zero-order valence-electron chi connectivity index (χ0n) is 12.6. The summed E-state index contributed by atoms with van der Waals surface area (Å²) in [7, 11) is 0. The van der Waals surface area contributed by atoms with Gasteiger partial charge in [-0.2, -0.15) is 5.26 Å². The van der Waals surface area contributed by atoms with E-state index in [2.05, 4.69) is 51.3 Å². The zero-order valence-corrected chi connectivity index (χ0v) is 13.4. The number of nitriles is 1. The second kappa shape index (κ2) is 6.80. The van der Waals surface area contributed by atoms with Crippen molar-refractivity contribution < 1.29 is 0 Å². The first kappa shape index (κ1) is 14.9. The molecule has 0 aliphatic carbocycles. The Bertz CT molecular complexity index is 673. The highest BCUT2D eigenvalue weighted by atomic mass is 32.2. The van der Waals surface area contributed by atoms with Gasteiger partial charge in [0.1, 0.15) is 11.6 Å². The van der Waals surface area contributed by atoms with Gasteiger partial charge in [-0.25, -0.2) is 9.97 Å². The van der Waals surface area contributed by atoms with Crippen molar-refractivity contribution in [1.82, 2.24) is 9.97 Å². The summed E-state index contributed by atoms with van der Waals surface area (Å²) in [5.74, 6) is 1.39. The van der Waals surface area contributed by atoms with Crippen LogP contribution < -0.4 is 4.90 Å². The van der Waals surface area contributed by atoms with E-state index in [1.54, 1.807) is 6.20 Å². The third kappa shape index (κ3) is 3.07. The van der Waals surface area contributed by atoms with Gasteiger partial charge in [-0.05, 0) is 30.6 Å². The standard InChI is InChI=1S/C17H18N4S/c1-22-17-19-12-15(11-18)16(20-17)21-9-7-14(8-10-21)13-5-3-2-4-6-13/h2-6,12,14H,7-10H2,1H3. The topological polar surface area (TPSA) is 52.8 Å². The molecule has 0 saturated carbocycles. The zero-order chi connectivity index (χ0) is 15.4. The summed E-state index contributed by atoms with van der Waals surface area (Å²) in [4.78, 5) is 10.9. The van der Waals surface area contributed by atoms with Crippen LogP contribution in [0.25, 0.3) is 0 Å². The molecular formula is C17H18N4S. The molecule has 0 radical (unpaired) electrons. The van der Waals surface area contributed by atoms with E-state index in [4.69, 9.17) is 0 Å². The summed E-state index contributed by atoms with van der Waals surface area (Å²) in [5, 5.41) is 10.0. The molecule has 0 spiro atoms. The molecule has 5 heteroatoms. The van der Waals surface area contributed by atoms with Crippen molar-refractivity contribution in [2.24, 2.45) is 0 Å². The highest BCUT2D eigenvalue weighted by Gasteiger charge is 2.23. The largest absolute Gasteiger partial charge is 0.355 e. The number of nitrogens with zero attached hydrogens (tertiary/aromatic N) is 4. The first-order valence-corrected chi connectivity index (χ1v) is 8.65. The number of rotatable bonds is 3. The van der Waals surface area contributed by atoms with Gasteiger partial charge >= 0.3 is 0 Å². The van der Waals surface area contributed by atoms with Crippen LogP contribution in [0, 0.1) is 11.3 Å². The van der Waals surface area contributed by atoms with Gasteiger partial charge in [0.2, 0.25) is 0 Å². The number of aromatic nitrogens is 2. The summed E-state index contributed by atoms with van der Waals surface area (Å²) in [6.45, 7) is 1.86. The van der Waals surface area contributed by atoms with E-state index in [1.807, 2.05) is 6.26 Å². The molecule has 1 aliphatic rings. The smallest absolute Gasteiger partial charge is 0.189 e. The Morgan fingerprint density at radius 3 is 2.59 bits per heavy atom. The van der Waals surface area contributed by atoms with Crippen LogP contribution >= 0.6 is 11.8 Å². The summed E-state index contributed by atoms with van der Waals surface area (Å²) in [6, 6.07) is 12.9. The molecule has 0 unspecified atom stereocenters. The van der Waals surface area contributed by atoms with Crippen LogP contribution in [0.4, 0.5) is 5.82 Å². The van der Waals surface area contributed by atoms with Crippen molar-refractivity contribution in [2.75, 3.05) is 24.2 Å². The lowest BCUT2D eigenvalue weighted by Crippen LogP contribution is -2.34. The van der Waals surface area contributed by atoms with Crippen molar-refractivity contribution in [3.63, 3.8) is 0 Å². The summed E-state index contributed by atoms with van der Waals surface area (Å²) < 4.78 is 0. The van der Waals surface area contributed by atoms with Gasteiger partial charge in [0, 0.05) is 13.1 Å². The quantitative estimate of drug-likeness (QED) is 0.642. The first-order valence-electron chi connectivity index (χ1n) is 7.43. The van der Waals surface area contributed by atoms with Crippen LogP contribution in [0.5, 0.6) is 0 Å². The molecule has 1 aromatic carbocycles. The molecule has 2 heterocycles. The van der Waals surface area contributed by atoms with Gasteiger partial charge in [0.25, 0.3) is 0 Å². The number of piperidine rings is 1. The van der Waals surface area contributed by atoms with Gasteiger partial charge in [0.15, 0.2) is 11.0 Å². The van der Waals surface area contributed by atoms with Crippen LogP contribution in [0.1, 0.15) is 29.9 Å². The number of thioether (sulfide) groups is 1. The van der Waals surface area contributed by atoms with Crippen LogP contribution in [0.15, 0.2) is 41.7 Å². The molecule has 1 aliphatic heterocycles. The number of hydrogen-bond donors (Lipinski definition) is 0. The molecule has 112 valence electrons. The van der Waals surface area contributed by atoms with Crippen molar-refractivity contribution in [3.05, 3.63) is 47.7 Å². The van der Waals surface area contributed by atoms with Crippen molar-refractivity contribution in [2.45, 2.75) is 23.9 Å². The van der Waals surface area contributed by atoms with Crippen LogP contribution in [0.2, 0.25) is 0 Å². The second-order valence-corrected chi connectivity index (χ2v) is 6.15. The van der Waals surface area contributed by atoms with Crippen LogP contribution in [0.3, 0.4) is 0 Å². The molecule has 2 aromatic rings. The van der Waals surface area contributed by atoms with Gasteiger partial charge in [-0.15, -0.1) is 0 Å². The fourth-order valence-electron chi connectivity index (χ4n) is 2.93. The third-order valence-electron chi connectivity index (χ3n) is 4.12.